The number of hydrogen-bond acceptors (Lipinski definition) is 4. The maximum Gasteiger partial charge on any atom is 0.193 e. The van der Waals surface area contributed by atoms with E-state index in [9.17, 15) is 4.79 Å². The summed E-state index contributed by atoms with van der Waals surface area (Å²) in [7, 11) is 0. The van der Waals surface area contributed by atoms with Crippen LogP contribution in [0.25, 0.3) is 22.3 Å². The molecule has 1 fully saturated rings. The maximum absolute atomic E-state index is 12.6. The van der Waals surface area contributed by atoms with Gasteiger partial charge in [-0.2, -0.15) is 0 Å². The Bertz CT molecular complexity index is 1080. The number of likely N-dealkylation sites (tertiary alicyclic amines) is 1. The number of benzene rings is 2. The van der Waals surface area contributed by atoms with Crippen molar-refractivity contribution in [2.24, 2.45) is 0 Å². The summed E-state index contributed by atoms with van der Waals surface area (Å²) < 4.78 is 13.0. The molecule has 0 bridgehead atoms. The van der Waals surface area contributed by atoms with Crippen molar-refractivity contribution in [2.45, 2.75) is 32.2 Å². The smallest absolute Gasteiger partial charge is 0.193 e. The van der Waals surface area contributed by atoms with Gasteiger partial charge in [-0.05, 0) is 63.1 Å². The number of halogens is 2. The van der Waals surface area contributed by atoms with E-state index in [0.29, 0.717) is 40.2 Å². The van der Waals surface area contributed by atoms with E-state index in [1.165, 1.54) is 25.5 Å². The third kappa shape index (κ3) is 4.52. The highest BCUT2D eigenvalue weighted by Crippen LogP contribution is 2.34. The second-order valence-electron chi connectivity index (χ2n) is 7.46. The van der Waals surface area contributed by atoms with Gasteiger partial charge in [0, 0.05) is 23.1 Å². The van der Waals surface area contributed by atoms with Gasteiger partial charge in [0.25, 0.3) is 0 Å². The predicted molar refractivity (Wildman–Crippen MR) is 121 cm³/mol. The Hall–Kier alpha value is -1.82. The standard InChI is InChI=1S/C23H23BrClNO3/c1-15-5-3-10-26(15)11-4-12-28-21-13-16(24)8-9-18(21)22-14-20(27)17-6-2-7-19(25)23(17)29-22/h2,6-9,13-15H,3-5,10-12H2,1H3/t15-/m1/s1. The van der Waals surface area contributed by atoms with Gasteiger partial charge in [-0.3, -0.25) is 4.79 Å². The molecule has 2 heterocycles. The minimum atomic E-state index is -0.124. The van der Waals surface area contributed by atoms with Gasteiger partial charge in [-0.1, -0.05) is 33.6 Å². The van der Waals surface area contributed by atoms with E-state index in [1.807, 2.05) is 18.2 Å². The molecule has 1 aliphatic rings. The second-order valence-corrected chi connectivity index (χ2v) is 8.78. The van der Waals surface area contributed by atoms with Gasteiger partial charge in [-0.25, -0.2) is 0 Å². The molecule has 1 aliphatic heterocycles. The van der Waals surface area contributed by atoms with E-state index < -0.39 is 0 Å². The number of ether oxygens (including phenoxy) is 1. The number of fused-ring (bicyclic) bond motifs is 1. The molecular weight excluding hydrogens is 454 g/mol. The van der Waals surface area contributed by atoms with E-state index in [1.54, 1.807) is 18.2 Å². The molecule has 0 unspecified atom stereocenters. The van der Waals surface area contributed by atoms with Crippen molar-refractivity contribution in [3.8, 4) is 17.1 Å². The van der Waals surface area contributed by atoms with E-state index in [2.05, 4.69) is 27.8 Å². The number of rotatable bonds is 6. The molecule has 0 radical (unpaired) electrons. The van der Waals surface area contributed by atoms with Crippen LogP contribution >= 0.6 is 27.5 Å². The van der Waals surface area contributed by atoms with Gasteiger partial charge in [0.1, 0.15) is 11.5 Å². The molecule has 6 heteroatoms. The molecule has 1 aromatic heterocycles. The molecule has 0 N–H and O–H groups in total. The maximum atomic E-state index is 12.6. The molecule has 29 heavy (non-hydrogen) atoms. The summed E-state index contributed by atoms with van der Waals surface area (Å²) in [5.41, 5.74) is 1.01. The first-order chi connectivity index (χ1) is 14.0. The lowest BCUT2D eigenvalue weighted by Crippen LogP contribution is -2.28. The molecule has 0 spiro atoms. The van der Waals surface area contributed by atoms with Gasteiger partial charge >= 0.3 is 0 Å². The van der Waals surface area contributed by atoms with E-state index in [4.69, 9.17) is 20.8 Å². The third-order valence-corrected chi connectivity index (χ3v) is 6.24. The lowest BCUT2D eigenvalue weighted by Gasteiger charge is -2.21. The van der Waals surface area contributed by atoms with Crippen molar-refractivity contribution in [1.29, 1.82) is 0 Å². The first-order valence-corrected chi connectivity index (χ1v) is 11.1. The molecule has 4 nitrogen and oxygen atoms in total. The first kappa shape index (κ1) is 20.5. The average molecular weight is 477 g/mol. The number of hydrogen-bond donors (Lipinski definition) is 0. The molecule has 0 saturated carbocycles. The van der Waals surface area contributed by atoms with Crippen LogP contribution in [0, 0.1) is 0 Å². The topological polar surface area (TPSA) is 42.7 Å². The van der Waals surface area contributed by atoms with Crippen LogP contribution in [-0.2, 0) is 0 Å². The van der Waals surface area contributed by atoms with Crippen molar-refractivity contribution >= 4 is 38.5 Å². The SMILES string of the molecule is C[C@@H]1CCCN1CCCOc1cc(Br)ccc1-c1cc(=O)c2cccc(Cl)c2o1. The first-order valence-electron chi connectivity index (χ1n) is 9.92. The summed E-state index contributed by atoms with van der Waals surface area (Å²) in [6, 6.07) is 13.0. The van der Waals surface area contributed by atoms with Gasteiger partial charge < -0.3 is 14.1 Å². The van der Waals surface area contributed by atoms with Crippen LogP contribution in [0.2, 0.25) is 5.02 Å². The Morgan fingerprint density at radius 2 is 2.14 bits per heavy atom. The minimum Gasteiger partial charge on any atom is -0.493 e. The lowest BCUT2D eigenvalue weighted by molar-refractivity contribution is 0.230. The molecule has 1 saturated heterocycles. The summed E-state index contributed by atoms with van der Waals surface area (Å²) in [6.45, 7) is 5.09. The highest BCUT2D eigenvalue weighted by Gasteiger charge is 2.19. The van der Waals surface area contributed by atoms with Gasteiger partial charge in [0.05, 0.1) is 22.6 Å². The summed E-state index contributed by atoms with van der Waals surface area (Å²) in [4.78, 5) is 15.1. The summed E-state index contributed by atoms with van der Waals surface area (Å²) in [6.07, 6.45) is 3.51. The fraction of sp³-hybridized carbons (Fsp3) is 0.348. The molecule has 2 aromatic carbocycles. The highest BCUT2D eigenvalue weighted by atomic mass is 79.9. The fourth-order valence-electron chi connectivity index (χ4n) is 3.87. The van der Waals surface area contributed by atoms with E-state index in [0.717, 1.165) is 23.0 Å². The van der Waals surface area contributed by atoms with Gasteiger partial charge in [-0.15, -0.1) is 0 Å². The number of para-hydroxylation sites is 1. The average Bonchev–Trinajstić information content (AvgIpc) is 3.11. The second kappa shape index (κ2) is 8.90. The summed E-state index contributed by atoms with van der Waals surface area (Å²) in [5, 5.41) is 0.890. The van der Waals surface area contributed by atoms with Crippen molar-refractivity contribution in [2.75, 3.05) is 19.7 Å². The van der Waals surface area contributed by atoms with Crippen LogP contribution in [0.3, 0.4) is 0 Å². The highest BCUT2D eigenvalue weighted by molar-refractivity contribution is 9.10. The van der Waals surface area contributed by atoms with Crippen LogP contribution in [-0.4, -0.2) is 30.6 Å². The predicted octanol–water partition coefficient (Wildman–Crippen LogP) is 6.13. The largest absolute Gasteiger partial charge is 0.493 e. The third-order valence-electron chi connectivity index (χ3n) is 5.45. The number of nitrogens with zero attached hydrogens (tertiary/aromatic N) is 1. The molecular formula is C23H23BrClNO3. The Balaban J connectivity index is 1.57. The van der Waals surface area contributed by atoms with Crippen LogP contribution in [0.5, 0.6) is 5.75 Å². The minimum absolute atomic E-state index is 0.124. The van der Waals surface area contributed by atoms with Gasteiger partial charge in [0.2, 0.25) is 0 Å². The molecule has 4 rings (SSSR count). The zero-order chi connectivity index (χ0) is 20.4. The van der Waals surface area contributed by atoms with Crippen LogP contribution in [0.4, 0.5) is 0 Å². The fourth-order valence-corrected chi connectivity index (χ4v) is 4.42. The van der Waals surface area contributed by atoms with Gasteiger partial charge in [0.15, 0.2) is 11.0 Å². The van der Waals surface area contributed by atoms with Crippen molar-refractivity contribution in [1.82, 2.24) is 4.90 Å². The summed E-state index contributed by atoms with van der Waals surface area (Å²) >= 11 is 9.76. The lowest BCUT2D eigenvalue weighted by atomic mass is 10.1. The molecule has 0 amide bonds. The Kier molecular flexibility index (Phi) is 6.28. The monoisotopic (exact) mass is 475 g/mol. The zero-order valence-corrected chi connectivity index (χ0v) is 18.6. The Morgan fingerprint density at radius 3 is 2.93 bits per heavy atom. The molecule has 0 aliphatic carbocycles. The Labute approximate surface area is 183 Å². The van der Waals surface area contributed by atoms with Crippen LogP contribution in [0.15, 0.2) is 56.1 Å². The van der Waals surface area contributed by atoms with E-state index in [-0.39, 0.29) is 5.43 Å². The van der Waals surface area contributed by atoms with E-state index >= 15 is 0 Å². The normalized spacial score (nSPS) is 17.1. The van der Waals surface area contributed by atoms with Crippen LogP contribution in [0.1, 0.15) is 26.2 Å². The van der Waals surface area contributed by atoms with Crippen molar-refractivity contribution in [3.05, 3.63) is 62.2 Å². The quantitative estimate of drug-likeness (QED) is 0.401. The van der Waals surface area contributed by atoms with Crippen molar-refractivity contribution in [3.63, 3.8) is 0 Å². The zero-order valence-electron chi connectivity index (χ0n) is 16.3. The molecule has 152 valence electrons. The molecule has 3 aromatic rings. The van der Waals surface area contributed by atoms with Crippen molar-refractivity contribution < 1.29 is 9.15 Å². The molecule has 1 atom stereocenters. The Morgan fingerprint density at radius 1 is 1.28 bits per heavy atom. The van der Waals surface area contributed by atoms with Crippen LogP contribution < -0.4 is 10.2 Å². The summed E-state index contributed by atoms with van der Waals surface area (Å²) in [5.74, 6) is 1.13.